The minimum absolute atomic E-state index is 0.268. The maximum absolute atomic E-state index is 11.9. The molecule has 0 aliphatic heterocycles. The topological polar surface area (TPSA) is 46.2 Å². The highest BCUT2D eigenvalue weighted by molar-refractivity contribution is 9.10. The van der Waals surface area contributed by atoms with Gasteiger partial charge in [0.25, 0.3) is 5.91 Å². The van der Waals surface area contributed by atoms with Gasteiger partial charge in [0.2, 0.25) is 0 Å². The molecule has 1 aromatic carbocycles. The Morgan fingerprint density at radius 3 is 2.59 bits per heavy atom. The number of halogens is 4. The number of Topliss-reactive ketones (excluding diaryl/α,β-unsaturated/α-hetero) is 1. The lowest BCUT2D eigenvalue weighted by Crippen LogP contribution is -2.34. The summed E-state index contributed by atoms with van der Waals surface area (Å²) in [5.41, 5.74) is 0.268. The van der Waals surface area contributed by atoms with Crippen LogP contribution in [0.1, 0.15) is 10.4 Å². The number of carbonyl (C=O) groups is 2. The monoisotopic (exact) mass is 325 g/mol. The van der Waals surface area contributed by atoms with Gasteiger partial charge in [-0.3, -0.25) is 9.59 Å². The van der Waals surface area contributed by atoms with Gasteiger partial charge >= 0.3 is 6.43 Å². The molecule has 0 saturated carbocycles. The Kier molecular flexibility index (Phi) is 5.02. The minimum atomic E-state index is -3.13. The van der Waals surface area contributed by atoms with Crippen LogP contribution in [0.15, 0.2) is 22.7 Å². The standard InChI is InChI=1S/C10H7BrClF2NO2/c11-7-3-5(12)1-2-6(7)8(16)4-15-10(17)9(13)14/h1-3,9H,4H2,(H,15,17). The molecule has 0 aliphatic carbocycles. The molecule has 92 valence electrons. The molecule has 1 amide bonds. The lowest BCUT2D eigenvalue weighted by Gasteiger charge is -2.05. The zero-order chi connectivity index (χ0) is 13.0. The molecule has 0 atom stereocenters. The normalized spacial score (nSPS) is 10.4. The van der Waals surface area contributed by atoms with E-state index in [0.29, 0.717) is 9.50 Å². The summed E-state index contributed by atoms with van der Waals surface area (Å²) in [6.45, 7) is -0.483. The molecule has 1 N–H and O–H groups in total. The van der Waals surface area contributed by atoms with E-state index in [1.165, 1.54) is 18.2 Å². The predicted octanol–water partition coefficient (Wildman–Crippen LogP) is 2.67. The first kappa shape index (κ1) is 14.1. The zero-order valence-electron chi connectivity index (χ0n) is 8.34. The Hall–Kier alpha value is -1.01. The highest BCUT2D eigenvalue weighted by Crippen LogP contribution is 2.21. The number of amides is 1. The molecular formula is C10H7BrClF2NO2. The molecule has 7 heteroatoms. The molecule has 1 rings (SSSR count). The Morgan fingerprint density at radius 1 is 1.41 bits per heavy atom. The second-order valence-corrected chi connectivity index (χ2v) is 4.36. The third kappa shape index (κ3) is 4.05. The molecule has 0 unspecified atom stereocenters. The molecule has 3 nitrogen and oxygen atoms in total. The first-order valence-electron chi connectivity index (χ1n) is 4.46. The summed E-state index contributed by atoms with van der Waals surface area (Å²) in [5, 5.41) is 2.27. The van der Waals surface area contributed by atoms with Crippen molar-refractivity contribution in [2.75, 3.05) is 6.54 Å². The van der Waals surface area contributed by atoms with Crippen molar-refractivity contribution in [3.8, 4) is 0 Å². The van der Waals surface area contributed by atoms with Crippen molar-refractivity contribution >= 4 is 39.2 Å². The van der Waals surface area contributed by atoms with Crippen LogP contribution in [0.4, 0.5) is 8.78 Å². The van der Waals surface area contributed by atoms with Crippen LogP contribution in [0.3, 0.4) is 0 Å². The van der Waals surface area contributed by atoms with Gasteiger partial charge in [0.05, 0.1) is 6.54 Å². The second kappa shape index (κ2) is 6.07. The van der Waals surface area contributed by atoms with E-state index in [1.807, 2.05) is 5.32 Å². The van der Waals surface area contributed by atoms with Crippen molar-refractivity contribution in [2.45, 2.75) is 6.43 Å². The SMILES string of the molecule is O=C(CNC(=O)C(F)F)c1ccc(Cl)cc1Br. The summed E-state index contributed by atoms with van der Waals surface area (Å²) in [6.07, 6.45) is -3.13. The summed E-state index contributed by atoms with van der Waals surface area (Å²) in [4.78, 5) is 22.1. The van der Waals surface area contributed by atoms with Crippen LogP contribution in [0.2, 0.25) is 5.02 Å². The Bertz CT molecular complexity index is 454. The largest absolute Gasteiger partial charge is 0.344 e. The molecule has 0 heterocycles. The zero-order valence-corrected chi connectivity index (χ0v) is 10.7. The van der Waals surface area contributed by atoms with Crippen molar-refractivity contribution in [3.63, 3.8) is 0 Å². The number of carbonyl (C=O) groups excluding carboxylic acids is 2. The number of hydrogen-bond donors (Lipinski definition) is 1. The van der Waals surface area contributed by atoms with Crippen LogP contribution < -0.4 is 5.32 Å². The fraction of sp³-hybridized carbons (Fsp3) is 0.200. The Labute approximate surface area is 109 Å². The molecule has 1 aromatic rings. The summed E-state index contributed by atoms with van der Waals surface area (Å²) in [6, 6.07) is 4.45. The van der Waals surface area contributed by atoms with Gasteiger partial charge in [-0.25, -0.2) is 0 Å². The van der Waals surface area contributed by atoms with Gasteiger partial charge in [-0.15, -0.1) is 0 Å². The van der Waals surface area contributed by atoms with Crippen LogP contribution >= 0.6 is 27.5 Å². The van der Waals surface area contributed by atoms with Crippen LogP contribution in [-0.2, 0) is 4.79 Å². The van der Waals surface area contributed by atoms with Gasteiger partial charge in [-0.1, -0.05) is 11.6 Å². The average molecular weight is 327 g/mol. The van der Waals surface area contributed by atoms with Crippen LogP contribution in [0, 0.1) is 0 Å². The van der Waals surface area contributed by atoms with Crippen LogP contribution in [0.25, 0.3) is 0 Å². The van der Waals surface area contributed by atoms with E-state index in [0.717, 1.165) is 0 Å². The molecule has 0 aliphatic rings. The first-order chi connectivity index (χ1) is 7.91. The highest BCUT2D eigenvalue weighted by Gasteiger charge is 2.17. The average Bonchev–Trinajstić information content (AvgIpc) is 2.25. The molecule has 0 radical (unpaired) electrons. The minimum Gasteiger partial charge on any atom is -0.344 e. The molecule has 0 aromatic heterocycles. The number of rotatable bonds is 4. The van der Waals surface area contributed by atoms with Crippen molar-refractivity contribution < 1.29 is 18.4 Å². The van der Waals surface area contributed by atoms with Crippen LogP contribution in [0.5, 0.6) is 0 Å². The van der Waals surface area contributed by atoms with E-state index in [2.05, 4.69) is 15.9 Å². The maximum Gasteiger partial charge on any atom is 0.315 e. The lowest BCUT2D eigenvalue weighted by atomic mass is 10.1. The number of alkyl halides is 2. The van der Waals surface area contributed by atoms with Gasteiger partial charge in [0, 0.05) is 15.1 Å². The quantitative estimate of drug-likeness (QED) is 0.865. The summed E-state index contributed by atoms with van der Waals surface area (Å²) < 4.78 is 24.2. The van der Waals surface area contributed by atoms with E-state index in [9.17, 15) is 18.4 Å². The number of hydrogen-bond acceptors (Lipinski definition) is 2. The number of benzene rings is 1. The van der Waals surface area contributed by atoms with E-state index < -0.39 is 24.7 Å². The second-order valence-electron chi connectivity index (χ2n) is 3.07. The fourth-order valence-corrected chi connectivity index (χ4v) is 1.96. The highest BCUT2D eigenvalue weighted by atomic mass is 79.9. The Balaban J connectivity index is 2.68. The Morgan fingerprint density at radius 2 is 2.06 bits per heavy atom. The van der Waals surface area contributed by atoms with Gasteiger partial charge in [-0.2, -0.15) is 8.78 Å². The van der Waals surface area contributed by atoms with Gasteiger partial charge < -0.3 is 5.32 Å². The third-order valence-electron chi connectivity index (χ3n) is 1.85. The van der Waals surface area contributed by atoms with Crippen molar-refractivity contribution in [3.05, 3.63) is 33.3 Å². The van der Waals surface area contributed by atoms with E-state index in [1.54, 1.807) is 0 Å². The van der Waals surface area contributed by atoms with Crippen molar-refractivity contribution in [2.24, 2.45) is 0 Å². The van der Waals surface area contributed by atoms with Gasteiger partial charge in [0.1, 0.15) is 0 Å². The number of ketones is 1. The molecule has 0 saturated heterocycles. The van der Waals surface area contributed by atoms with E-state index >= 15 is 0 Å². The summed E-state index contributed by atoms with van der Waals surface area (Å²) in [7, 11) is 0. The fourth-order valence-electron chi connectivity index (χ4n) is 1.06. The molecule has 0 spiro atoms. The summed E-state index contributed by atoms with van der Waals surface area (Å²) >= 11 is 8.80. The molecule has 0 bridgehead atoms. The lowest BCUT2D eigenvalue weighted by molar-refractivity contribution is -0.131. The van der Waals surface area contributed by atoms with Crippen LogP contribution in [-0.4, -0.2) is 24.7 Å². The maximum atomic E-state index is 11.9. The summed E-state index contributed by atoms with van der Waals surface area (Å²) in [5.74, 6) is -1.95. The molecule has 17 heavy (non-hydrogen) atoms. The molecule has 0 fully saturated rings. The smallest absolute Gasteiger partial charge is 0.315 e. The number of nitrogens with one attached hydrogen (secondary N) is 1. The van der Waals surface area contributed by atoms with E-state index in [4.69, 9.17) is 11.6 Å². The van der Waals surface area contributed by atoms with E-state index in [-0.39, 0.29) is 5.56 Å². The van der Waals surface area contributed by atoms with Crippen molar-refractivity contribution in [1.82, 2.24) is 5.32 Å². The predicted molar refractivity (Wildman–Crippen MR) is 62.5 cm³/mol. The van der Waals surface area contributed by atoms with Gasteiger partial charge in [-0.05, 0) is 34.1 Å². The van der Waals surface area contributed by atoms with Crippen molar-refractivity contribution in [1.29, 1.82) is 0 Å². The third-order valence-corrected chi connectivity index (χ3v) is 2.74. The first-order valence-corrected chi connectivity index (χ1v) is 5.63. The van der Waals surface area contributed by atoms with Gasteiger partial charge in [0.15, 0.2) is 5.78 Å². The molecular weight excluding hydrogens is 319 g/mol.